The van der Waals surface area contributed by atoms with Gasteiger partial charge in [0.15, 0.2) is 0 Å². The quantitative estimate of drug-likeness (QED) is 0.416. The fourth-order valence-electron chi connectivity index (χ4n) is 7.38. The van der Waals surface area contributed by atoms with Crippen molar-refractivity contribution in [3.63, 3.8) is 0 Å². The second-order valence-electron chi connectivity index (χ2n) is 12.0. The number of likely N-dealkylation sites (N-methyl/N-ethyl adjacent to an activating group) is 1. The van der Waals surface area contributed by atoms with Crippen molar-refractivity contribution < 1.29 is 26.0 Å². The Bertz CT molecular complexity index is 1330. The fraction of sp³-hybridized carbons (Fsp3) is 0.613. The number of rotatable bonds is 6. The third-order valence-electron chi connectivity index (χ3n) is 9.75. The largest absolute Gasteiger partial charge is 0.393 e. The third-order valence-corrected chi connectivity index (χ3v) is 12.1. The molecule has 1 saturated carbocycles. The predicted octanol–water partition coefficient (Wildman–Crippen LogP) is 6.01. The summed E-state index contributed by atoms with van der Waals surface area (Å²) in [5.41, 5.74) is 4.54. The lowest BCUT2D eigenvalue weighted by atomic mass is 9.74. The van der Waals surface area contributed by atoms with E-state index in [2.05, 4.69) is 22.3 Å². The molecular formula is C31H41F4N3O2S. The number of halogens is 4. The summed E-state index contributed by atoms with van der Waals surface area (Å²) in [4.78, 5) is 2.34. The Kier molecular flexibility index (Phi) is 8.86. The van der Waals surface area contributed by atoms with Gasteiger partial charge in [0.05, 0.1) is 11.2 Å². The van der Waals surface area contributed by atoms with E-state index in [4.69, 9.17) is 0 Å². The van der Waals surface area contributed by atoms with Gasteiger partial charge in [-0.3, -0.25) is 4.90 Å². The maximum Gasteiger partial charge on any atom is 0.393 e. The molecule has 1 N–H and O–H groups in total. The summed E-state index contributed by atoms with van der Waals surface area (Å²) in [6, 6.07) is 11.5. The molecule has 226 valence electrons. The number of hydrogen-bond donors (Lipinski definition) is 1. The number of nitrogens with one attached hydrogen (secondary N) is 1. The lowest BCUT2D eigenvalue weighted by Gasteiger charge is -2.58. The molecule has 1 aliphatic carbocycles. The van der Waals surface area contributed by atoms with Crippen molar-refractivity contribution in [3.05, 3.63) is 58.9 Å². The van der Waals surface area contributed by atoms with Gasteiger partial charge in [0.2, 0.25) is 10.0 Å². The molecule has 2 saturated heterocycles. The number of sulfonamides is 1. The van der Waals surface area contributed by atoms with Gasteiger partial charge in [0, 0.05) is 37.6 Å². The molecule has 0 radical (unpaired) electrons. The molecule has 2 aromatic carbocycles. The smallest absolute Gasteiger partial charge is 0.318 e. The molecule has 5 atom stereocenters. The van der Waals surface area contributed by atoms with E-state index >= 15 is 0 Å². The number of benzene rings is 2. The monoisotopic (exact) mass is 595 g/mol. The Balaban J connectivity index is 1.43. The van der Waals surface area contributed by atoms with Crippen molar-refractivity contribution in [2.24, 2.45) is 5.92 Å². The highest BCUT2D eigenvalue weighted by Gasteiger charge is 2.54. The van der Waals surface area contributed by atoms with Gasteiger partial charge < -0.3 is 5.32 Å². The number of alkyl halides is 3. The van der Waals surface area contributed by atoms with Crippen LogP contribution < -0.4 is 5.32 Å². The number of hydrogen-bond acceptors (Lipinski definition) is 4. The standard InChI is InChI=1S/C31H41F4N3O2S/c1-20-21(2)26(32)15-14-24(20)22-10-12-23(13-11-22)30-27(18-36-3)38-17-7-6-16-37(19-28(30)38)41(39,40)29-9-5-4-8-25(29)31(33,34)35/h10-15,25,27-30,36H,4-9,16-19H2,1-3H3/t25-,27?,28-,29?,30?/m0/s1. The van der Waals surface area contributed by atoms with Crippen molar-refractivity contribution in [1.29, 1.82) is 0 Å². The summed E-state index contributed by atoms with van der Waals surface area (Å²) in [6.07, 6.45) is -2.23. The highest BCUT2D eigenvalue weighted by atomic mass is 32.2. The Morgan fingerprint density at radius 3 is 2.29 bits per heavy atom. The van der Waals surface area contributed by atoms with Crippen molar-refractivity contribution in [2.75, 3.05) is 33.2 Å². The highest BCUT2D eigenvalue weighted by molar-refractivity contribution is 7.89. The van der Waals surface area contributed by atoms with Crippen LogP contribution in [0.5, 0.6) is 0 Å². The van der Waals surface area contributed by atoms with E-state index in [0.717, 1.165) is 41.8 Å². The normalized spacial score (nSPS) is 28.4. The Labute approximate surface area is 241 Å². The van der Waals surface area contributed by atoms with E-state index in [-0.39, 0.29) is 49.7 Å². The lowest BCUT2D eigenvalue weighted by molar-refractivity contribution is -0.180. The zero-order valence-corrected chi connectivity index (χ0v) is 24.9. The highest BCUT2D eigenvalue weighted by Crippen LogP contribution is 2.45. The molecule has 3 fully saturated rings. The Morgan fingerprint density at radius 2 is 1.61 bits per heavy atom. The van der Waals surface area contributed by atoms with Crippen LogP contribution in [0.1, 0.15) is 61.1 Å². The summed E-state index contributed by atoms with van der Waals surface area (Å²) in [6.45, 7) is 5.71. The summed E-state index contributed by atoms with van der Waals surface area (Å²) < 4.78 is 84.8. The maximum atomic E-state index is 14.0. The molecule has 0 amide bonds. The van der Waals surface area contributed by atoms with Crippen molar-refractivity contribution in [3.8, 4) is 11.1 Å². The van der Waals surface area contributed by atoms with Crippen LogP contribution in [0, 0.1) is 25.6 Å². The average Bonchev–Trinajstić information content (AvgIpc) is 2.92. The van der Waals surface area contributed by atoms with E-state index in [1.54, 1.807) is 13.0 Å². The topological polar surface area (TPSA) is 52.7 Å². The minimum Gasteiger partial charge on any atom is -0.318 e. The molecule has 3 unspecified atom stereocenters. The molecule has 5 nitrogen and oxygen atoms in total. The average molecular weight is 596 g/mol. The zero-order valence-electron chi connectivity index (χ0n) is 24.1. The van der Waals surface area contributed by atoms with Crippen molar-refractivity contribution in [1.82, 2.24) is 14.5 Å². The first-order valence-electron chi connectivity index (χ1n) is 14.8. The third kappa shape index (κ3) is 5.82. The van der Waals surface area contributed by atoms with Crippen LogP contribution in [0.25, 0.3) is 11.1 Å². The second-order valence-corrected chi connectivity index (χ2v) is 14.2. The Hall–Kier alpha value is -2.01. The van der Waals surface area contributed by atoms with Gasteiger partial charge >= 0.3 is 6.18 Å². The molecule has 0 aromatic heterocycles. The molecular weight excluding hydrogens is 554 g/mol. The second kappa shape index (κ2) is 11.9. The molecule has 41 heavy (non-hydrogen) atoms. The first-order valence-corrected chi connectivity index (χ1v) is 16.3. The van der Waals surface area contributed by atoms with E-state index in [1.165, 1.54) is 10.4 Å². The molecule has 2 aliphatic heterocycles. The van der Waals surface area contributed by atoms with Gasteiger partial charge in [-0.15, -0.1) is 0 Å². The summed E-state index contributed by atoms with van der Waals surface area (Å²) in [5.74, 6) is -2.00. The lowest BCUT2D eigenvalue weighted by Crippen LogP contribution is -2.69. The van der Waals surface area contributed by atoms with E-state index in [9.17, 15) is 26.0 Å². The van der Waals surface area contributed by atoms with Crippen LogP contribution in [-0.4, -0.2) is 74.4 Å². The number of nitrogens with zero attached hydrogens (tertiary/aromatic N) is 2. The minimum absolute atomic E-state index is 0.0353. The molecule has 5 rings (SSSR count). The van der Waals surface area contributed by atoms with Gasteiger partial charge in [-0.05, 0) is 87.0 Å². The first-order chi connectivity index (χ1) is 19.4. The van der Waals surface area contributed by atoms with Crippen LogP contribution in [0.4, 0.5) is 17.6 Å². The van der Waals surface area contributed by atoms with Gasteiger partial charge in [0.25, 0.3) is 0 Å². The van der Waals surface area contributed by atoms with Crippen LogP contribution in [0.15, 0.2) is 36.4 Å². The first kappa shape index (κ1) is 30.4. The molecule has 0 bridgehead atoms. The maximum absolute atomic E-state index is 14.0. The van der Waals surface area contributed by atoms with E-state index in [0.29, 0.717) is 24.8 Å². The molecule has 2 aromatic rings. The van der Waals surface area contributed by atoms with Gasteiger partial charge in [-0.25, -0.2) is 17.1 Å². The van der Waals surface area contributed by atoms with Gasteiger partial charge in [-0.1, -0.05) is 43.2 Å². The summed E-state index contributed by atoms with van der Waals surface area (Å²) >= 11 is 0. The van der Waals surface area contributed by atoms with Crippen LogP contribution in [0.2, 0.25) is 0 Å². The van der Waals surface area contributed by atoms with Gasteiger partial charge in [0.1, 0.15) is 5.82 Å². The minimum atomic E-state index is -4.52. The molecule has 3 aliphatic rings. The molecule has 0 spiro atoms. The zero-order chi connectivity index (χ0) is 29.5. The van der Waals surface area contributed by atoms with Crippen LogP contribution >= 0.6 is 0 Å². The Morgan fingerprint density at radius 1 is 0.927 bits per heavy atom. The van der Waals surface area contributed by atoms with E-state index in [1.807, 2.05) is 26.1 Å². The van der Waals surface area contributed by atoms with Gasteiger partial charge in [-0.2, -0.15) is 13.2 Å². The molecule has 2 heterocycles. The fourth-order valence-corrected chi connectivity index (χ4v) is 9.68. The van der Waals surface area contributed by atoms with Crippen LogP contribution in [0.3, 0.4) is 0 Å². The molecule has 10 heteroatoms. The predicted molar refractivity (Wildman–Crippen MR) is 154 cm³/mol. The van der Waals surface area contributed by atoms with Crippen LogP contribution in [-0.2, 0) is 10.0 Å². The van der Waals surface area contributed by atoms with E-state index < -0.39 is 27.4 Å². The van der Waals surface area contributed by atoms with Crippen molar-refractivity contribution >= 4 is 10.0 Å². The number of fused-ring (bicyclic) bond motifs is 1. The summed E-state index contributed by atoms with van der Waals surface area (Å²) in [7, 11) is -2.23. The SMILES string of the molecule is CNCC1C(c2ccc(-c3ccc(F)c(C)c3C)cc2)[C@@H]2CN(S(=O)(=O)C3CCCC[C@@H]3C(F)(F)F)CCCCN12. The summed E-state index contributed by atoms with van der Waals surface area (Å²) in [5, 5.41) is 1.87. The van der Waals surface area contributed by atoms with Crippen molar-refractivity contribution in [2.45, 2.75) is 81.8 Å².